The number of nitrogens with one attached hydrogen (secondary N) is 1. The molecule has 0 unspecified atom stereocenters. The van der Waals surface area contributed by atoms with Crippen LogP contribution < -0.4 is 5.32 Å². The monoisotopic (exact) mass is 277 g/mol. The Morgan fingerprint density at radius 3 is 2.40 bits per heavy atom. The maximum absolute atomic E-state index is 12.6. The van der Waals surface area contributed by atoms with Crippen LogP contribution in [-0.2, 0) is 0 Å². The Labute approximate surface area is 122 Å². The normalized spacial score (nSPS) is 10.7. The molecule has 1 N–H and O–H groups in total. The number of likely N-dealkylation sites (N-methyl/N-ethyl adjacent to an activating group) is 1. The van der Waals surface area contributed by atoms with E-state index in [1.807, 2.05) is 51.2 Å². The molecular formula is C16H27N3O. The molecule has 0 bridgehead atoms. The predicted molar refractivity (Wildman–Crippen MR) is 85.5 cm³/mol. The van der Waals surface area contributed by atoms with Crippen LogP contribution in [0.1, 0.15) is 29.3 Å². The van der Waals surface area contributed by atoms with Crippen LogP contribution in [-0.4, -0.2) is 56.5 Å². The number of amides is 1. The summed E-state index contributed by atoms with van der Waals surface area (Å²) in [6.45, 7) is 6.59. The fraction of sp³-hybridized carbons (Fsp3) is 0.562. The van der Waals surface area contributed by atoms with Crippen molar-refractivity contribution in [2.24, 2.45) is 0 Å². The van der Waals surface area contributed by atoms with Crippen LogP contribution in [0.3, 0.4) is 0 Å². The standard InChI is InChI=1S/C16H27N3O/c1-6-9-19(11-10-18(4)5)16(20)14-7-8-15(17-3)13(2)12-14/h7-8,12,17H,6,9-11H2,1-5H3. The topological polar surface area (TPSA) is 35.6 Å². The van der Waals surface area contributed by atoms with E-state index in [-0.39, 0.29) is 5.91 Å². The van der Waals surface area contributed by atoms with Crippen molar-refractivity contribution in [3.8, 4) is 0 Å². The van der Waals surface area contributed by atoms with E-state index in [4.69, 9.17) is 0 Å². The van der Waals surface area contributed by atoms with E-state index in [9.17, 15) is 4.79 Å². The molecule has 20 heavy (non-hydrogen) atoms. The summed E-state index contributed by atoms with van der Waals surface area (Å²) in [7, 11) is 5.95. The van der Waals surface area contributed by atoms with Gasteiger partial charge >= 0.3 is 0 Å². The third-order valence-corrected chi connectivity index (χ3v) is 3.34. The van der Waals surface area contributed by atoms with Gasteiger partial charge in [0, 0.05) is 37.9 Å². The smallest absolute Gasteiger partial charge is 0.253 e. The molecule has 0 saturated carbocycles. The molecule has 4 nitrogen and oxygen atoms in total. The highest BCUT2D eigenvalue weighted by molar-refractivity contribution is 5.95. The Kier molecular flexibility index (Phi) is 6.52. The van der Waals surface area contributed by atoms with Crippen LogP contribution in [0.5, 0.6) is 0 Å². The number of nitrogens with zero attached hydrogens (tertiary/aromatic N) is 2. The lowest BCUT2D eigenvalue weighted by Crippen LogP contribution is -2.37. The lowest BCUT2D eigenvalue weighted by molar-refractivity contribution is 0.0745. The van der Waals surface area contributed by atoms with Crippen LogP contribution in [0.2, 0.25) is 0 Å². The van der Waals surface area contributed by atoms with Crippen molar-refractivity contribution in [1.29, 1.82) is 0 Å². The largest absolute Gasteiger partial charge is 0.388 e. The lowest BCUT2D eigenvalue weighted by Gasteiger charge is -2.24. The van der Waals surface area contributed by atoms with Gasteiger partial charge in [-0.15, -0.1) is 0 Å². The number of benzene rings is 1. The Bertz CT molecular complexity index is 443. The molecule has 1 aromatic rings. The Morgan fingerprint density at radius 1 is 1.20 bits per heavy atom. The predicted octanol–water partition coefficient (Wildman–Crippen LogP) is 2.45. The van der Waals surface area contributed by atoms with Gasteiger partial charge < -0.3 is 15.1 Å². The molecule has 1 aromatic carbocycles. The van der Waals surface area contributed by atoms with Gasteiger partial charge in [-0.3, -0.25) is 4.79 Å². The van der Waals surface area contributed by atoms with Crippen molar-refractivity contribution in [1.82, 2.24) is 9.80 Å². The summed E-state index contributed by atoms with van der Waals surface area (Å²) in [5, 5.41) is 3.12. The first kappa shape index (κ1) is 16.5. The summed E-state index contributed by atoms with van der Waals surface area (Å²) < 4.78 is 0. The van der Waals surface area contributed by atoms with Gasteiger partial charge in [-0.05, 0) is 51.2 Å². The van der Waals surface area contributed by atoms with E-state index >= 15 is 0 Å². The van der Waals surface area contributed by atoms with Gasteiger partial charge in [-0.1, -0.05) is 6.92 Å². The molecule has 112 valence electrons. The highest BCUT2D eigenvalue weighted by Crippen LogP contribution is 2.17. The Morgan fingerprint density at radius 2 is 1.90 bits per heavy atom. The number of aryl methyl sites for hydroxylation is 1. The first-order chi connectivity index (χ1) is 9.49. The van der Waals surface area contributed by atoms with E-state index < -0.39 is 0 Å². The molecule has 0 radical (unpaired) electrons. The first-order valence-corrected chi connectivity index (χ1v) is 7.22. The summed E-state index contributed by atoms with van der Waals surface area (Å²) in [6, 6.07) is 5.84. The fourth-order valence-electron chi connectivity index (χ4n) is 2.17. The molecule has 0 fully saturated rings. The van der Waals surface area contributed by atoms with Crippen molar-refractivity contribution < 1.29 is 4.79 Å². The van der Waals surface area contributed by atoms with Crippen LogP contribution in [0.15, 0.2) is 18.2 Å². The minimum atomic E-state index is 0.124. The molecule has 0 heterocycles. The minimum Gasteiger partial charge on any atom is -0.388 e. The number of carbonyl (C=O) groups is 1. The number of carbonyl (C=O) groups excluding carboxylic acids is 1. The molecule has 0 saturated heterocycles. The van der Waals surface area contributed by atoms with Crippen LogP contribution in [0, 0.1) is 6.92 Å². The average molecular weight is 277 g/mol. The Hall–Kier alpha value is -1.55. The second-order valence-corrected chi connectivity index (χ2v) is 5.38. The molecule has 0 aliphatic carbocycles. The zero-order chi connectivity index (χ0) is 15.1. The molecule has 0 aliphatic rings. The number of hydrogen-bond donors (Lipinski definition) is 1. The second kappa shape index (κ2) is 7.90. The van der Waals surface area contributed by atoms with Gasteiger partial charge in [0.2, 0.25) is 0 Å². The summed E-state index contributed by atoms with van der Waals surface area (Å²) in [5.41, 5.74) is 2.94. The maximum Gasteiger partial charge on any atom is 0.253 e. The van der Waals surface area contributed by atoms with Crippen molar-refractivity contribution in [2.45, 2.75) is 20.3 Å². The number of rotatable bonds is 7. The van der Waals surface area contributed by atoms with Crippen LogP contribution in [0.4, 0.5) is 5.69 Å². The van der Waals surface area contributed by atoms with E-state index in [0.29, 0.717) is 0 Å². The lowest BCUT2D eigenvalue weighted by atomic mass is 10.1. The summed E-state index contributed by atoms with van der Waals surface area (Å²) in [4.78, 5) is 16.6. The molecule has 0 atom stereocenters. The maximum atomic E-state index is 12.6. The van der Waals surface area contributed by atoms with Gasteiger partial charge in [0.25, 0.3) is 5.91 Å². The molecule has 0 spiro atoms. The first-order valence-electron chi connectivity index (χ1n) is 7.22. The van der Waals surface area contributed by atoms with E-state index in [2.05, 4.69) is 17.1 Å². The highest BCUT2D eigenvalue weighted by atomic mass is 16.2. The molecule has 1 amide bonds. The van der Waals surface area contributed by atoms with Crippen molar-refractivity contribution in [3.05, 3.63) is 29.3 Å². The highest BCUT2D eigenvalue weighted by Gasteiger charge is 2.15. The number of hydrogen-bond acceptors (Lipinski definition) is 3. The fourth-order valence-corrected chi connectivity index (χ4v) is 2.17. The van der Waals surface area contributed by atoms with Gasteiger partial charge in [0.1, 0.15) is 0 Å². The molecule has 0 aromatic heterocycles. The SMILES string of the molecule is CCCN(CCN(C)C)C(=O)c1ccc(NC)c(C)c1. The van der Waals surface area contributed by atoms with E-state index in [0.717, 1.165) is 42.9 Å². The Balaban J connectivity index is 2.85. The zero-order valence-electron chi connectivity index (χ0n) is 13.4. The molecule has 0 aliphatic heterocycles. The van der Waals surface area contributed by atoms with Crippen LogP contribution in [0.25, 0.3) is 0 Å². The van der Waals surface area contributed by atoms with Crippen molar-refractivity contribution in [3.63, 3.8) is 0 Å². The van der Waals surface area contributed by atoms with Gasteiger partial charge in [-0.2, -0.15) is 0 Å². The van der Waals surface area contributed by atoms with Gasteiger partial charge in [0.05, 0.1) is 0 Å². The van der Waals surface area contributed by atoms with E-state index in [1.165, 1.54) is 0 Å². The third kappa shape index (κ3) is 4.53. The summed E-state index contributed by atoms with van der Waals surface area (Å²) in [6.07, 6.45) is 0.979. The van der Waals surface area contributed by atoms with Crippen LogP contribution >= 0.6 is 0 Å². The molecular weight excluding hydrogens is 250 g/mol. The quantitative estimate of drug-likeness (QED) is 0.831. The second-order valence-electron chi connectivity index (χ2n) is 5.38. The van der Waals surface area contributed by atoms with Gasteiger partial charge in [0.15, 0.2) is 0 Å². The summed E-state index contributed by atoms with van der Waals surface area (Å²) in [5.74, 6) is 0.124. The minimum absolute atomic E-state index is 0.124. The van der Waals surface area contributed by atoms with E-state index in [1.54, 1.807) is 0 Å². The summed E-state index contributed by atoms with van der Waals surface area (Å²) >= 11 is 0. The van der Waals surface area contributed by atoms with Gasteiger partial charge in [-0.25, -0.2) is 0 Å². The zero-order valence-corrected chi connectivity index (χ0v) is 13.4. The molecule has 4 heteroatoms. The number of anilines is 1. The average Bonchev–Trinajstić information content (AvgIpc) is 2.42. The molecule has 1 rings (SSSR count). The van der Waals surface area contributed by atoms with Crippen molar-refractivity contribution in [2.75, 3.05) is 46.1 Å². The van der Waals surface area contributed by atoms with Crippen molar-refractivity contribution >= 4 is 11.6 Å². The third-order valence-electron chi connectivity index (χ3n) is 3.34.